The second kappa shape index (κ2) is 4.30. The van der Waals surface area contributed by atoms with Crippen molar-refractivity contribution in [2.45, 2.75) is 30.3 Å². The van der Waals surface area contributed by atoms with Crippen molar-refractivity contribution in [1.82, 2.24) is 4.90 Å². The van der Waals surface area contributed by atoms with Crippen LogP contribution >= 0.6 is 0 Å². The Bertz CT molecular complexity index is 555. The van der Waals surface area contributed by atoms with Crippen LogP contribution in [-0.4, -0.2) is 40.6 Å². The van der Waals surface area contributed by atoms with E-state index in [-0.39, 0.29) is 25.4 Å². The van der Waals surface area contributed by atoms with Crippen LogP contribution < -0.4 is 0 Å². The summed E-state index contributed by atoms with van der Waals surface area (Å²) in [5.41, 5.74) is -1.90. The molecule has 2 aliphatic rings. The van der Waals surface area contributed by atoms with Gasteiger partial charge < -0.3 is 10.0 Å². The second-order valence-electron chi connectivity index (χ2n) is 5.70. The summed E-state index contributed by atoms with van der Waals surface area (Å²) in [6.45, 7) is -0.161. The average Bonchev–Trinajstić information content (AvgIpc) is 3.16. The molecule has 0 bridgehead atoms. The Labute approximate surface area is 116 Å². The van der Waals surface area contributed by atoms with Gasteiger partial charge in [0.2, 0.25) is 11.6 Å². The number of benzene rings is 1. The van der Waals surface area contributed by atoms with Crippen molar-refractivity contribution in [3.8, 4) is 0 Å². The normalized spacial score (nSPS) is 27.4. The molecule has 1 atom stereocenters. The van der Waals surface area contributed by atoms with E-state index in [2.05, 4.69) is 0 Å². The van der Waals surface area contributed by atoms with Crippen LogP contribution in [0.1, 0.15) is 24.8 Å². The molecule has 106 valence electrons. The third kappa shape index (κ3) is 1.88. The van der Waals surface area contributed by atoms with Gasteiger partial charge in [-0.15, -0.1) is 0 Å². The molecule has 4 nitrogen and oxygen atoms in total. The van der Waals surface area contributed by atoms with E-state index >= 15 is 0 Å². The lowest BCUT2D eigenvalue weighted by Crippen LogP contribution is -2.42. The SMILES string of the molecule is O=C(O)C1(F)CCN(C(=O)C2(c3ccccc3)CC2)C1. The fourth-order valence-corrected chi connectivity index (χ4v) is 2.93. The third-order valence-electron chi connectivity index (χ3n) is 4.38. The number of alkyl halides is 1. The van der Waals surface area contributed by atoms with Gasteiger partial charge in [0.15, 0.2) is 0 Å². The van der Waals surface area contributed by atoms with Crippen molar-refractivity contribution in [2.24, 2.45) is 0 Å². The molecule has 1 N–H and O–H groups in total. The largest absolute Gasteiger partial charge is 0.479 e. The number of rotatable bonds is 3. The molecule has 5 heteroatoms. The molecule has 1 aliphatic carbocycles. The van der Waals surface area contributed by atoms with Crippen LogP contribution in [0.25, 0.3) is 0 Å². The predicted molar refractivity (Wildman–Crippen MR) is 70.0 cm³/mol. The molecule has 20 heavy (non-hydrogen) atoms. The van der Waals surface area contributed by atoms with Crippen LogP contribution in [0.5, 0.6) is 0 Å². The van der Waals surface area contributed by atoms with E-state index in [1.165, 1.54) is 4.90 Å². The van der Waals surface area contributed by atoms with Crippen molar-refractivity contribution in [1.29, 1.82) is 0 Å². The zero-order chi connectivity index (χ0) is 14.4. The summed E-state index contributed by atoms with van der Waals surface area (Å²) in [7, 11) is 0. The van der Waals surface area contributed by atoms with Gasteiger partial charge in [0.1, 0.15) is 0 Å². The lowest BCUT2D eigenvalue weighted by molar-refractivity contribution is -0.150. The van der Waals surface area contributed by atoms with Crippen LogP contribution in [0.15, 0.2) is 30.3 Å². The van der Waals surface area contributed by atoms with Crippen LogP contribution in [0.2, 0.25) is 0 Å². The standard InChI is InChI=1S/C15H16FNO3/c16-15(13(19)20)8-9-17(10-15)12(18)14(6-7-14)11-4-2-1-3-5-11/h1-5H,6-10H2,(H,19,20). The number of aliphatic carboxylic acids is 1. The van der Waals surface area contributed by atoms with Gasteiger partial charge in [-0.1, -0.05) is 30.3 Å². The Kier molecular flexibility index (Phi) is 2.81. The van der Waals surface area contributed by atoms with Crippen molar-refractivity contribution in [2.75, 3.05) is 13.1 Å². The summed E-state index contributed by atoms with van der Waals surface area (Å²) in [6, 6.07) is 9.45. The smallest absolute Gasteiger partial charge is 0.343 e. The number of hydrogen-bond donors (Lipinski definition) is 1. The second-order valence-corrected chi connectivity index (χ2v) is 5.70. The highest BCUT2D eigenvalue weighted by molar-refractivity contribution is 5.92. The number of amides is 1. The van der Waals surface area contributed by atoms with Crippen LogP contribution in [0, 0.1) is 0 Å². The molecule has 0 radical (unpaired) electrons. The van der Waals surface area contributed by atoms with Gasteiger partial charge in [0.05, 0.1) is 12.0 Å². The minimum absolute atomic E-state index is 0.126. The number of carboxylic acid groups (broad SMARTS) is 1. The molecule has 3 rings (SSSR count). The molecule has 1 saturated heterocycles. The molecule has 1 heterocycles. The van der Waals surface area contributed by atoms with Gasteiger partial charge in [0, 0.05) is 13.0 Å². The maximum absolute atomic E-state index is 14.1. The first-order valence-corrected chi connectivity index (χ1v) is 6.75. The molecule has 0 spiro atoms. The molecule has 1 aromatic carbocycles. The Balaban J connectivity index is 1.80. The zero-order valence-corrected chi connectivity index (χ0v) is 11.0. The van der Waals surface area contributed by atoms with Gasteiger partial charge in [-0.3, -0.25) is 4.79 Å². The van der Waals surface area contributed by atoms with Crippen LogP contribution in [0.3, 0.4) is 0 Å². The number of hydrogen-bond acceptors (Lipinski definition) is 2. The first-order valence-electron chi connectivity index (χ1n) is 6.75. The minimum atomic E-state index is -2.29. The van der Waals surface area contributed by atoms with E-state index < -0.39 is 17.1 Å². The van der Waals surface area contributed by atoms with E-state index in [0.717, 1.165) is 18.4 Å². The molecule has 0 aromatic heterocycles. The van der Waals surface area contributed by atoms with Gasteiger partial charge in [0.25, 0.3) is 0 Å². The van der Waals surface area contributed by atoms with Gasteiger partial charge in [-0.2, -0.15) is 0 Å². The summed E-state index contributed by atoms with van der Waals surface area (Å²) < 4.78 is 14.1. The minimum Gasteiger partial charge on any atom is -0.479 e. The Morgan fingerprint density at radius 2 is 1.80 bits per heavy atom. The lowest BCUT2D eigenvalue weighted by atomic mass is 9.94. The lowest BCUT2D eigenvalue weighted by Gasteiger charge is -2.24. The van der Waals surface area contributed by atoms with Crippen LogP contribution in [-0.2, 0) is 15.0 Å². The summed E-state index contributed by atoms with van der Waals surface area (Å²) >= 11 is 0. The maximum Gasteiger partial charge on any atom is 0.343 e. The number of carboxylic acids is 1. The predicted octanol–water partition coefficient (Wildman–Crippen LogP) is 1.74. The Morgan fingerprint density at radius 1 is 1.15 bits per heavy atom. The molecule has 1 aliphatic heterocycles. The average molecular weight is 277 g/mol. The number of carbonyl (C=O) groups excluding carboxylic acids is 1. The maximum atomic E-state index is 14.1. The topological polar surface area (TPSA) is 57.6 Å². The molecule has 1 saturated carbocycles. The van der Waals surface area contributed by atoms with Gasteiger partial charge >= 0.3 is 5.97 Å². The van der Waals surface area contributed by atoms with Crippen LogP contribution in [0.4, 0.5) is 4.39 Å². The third-order valence-corrected chi connectivity index (χ3v) is 4.38. The van der Waals surface area contributed by atoms with Crippen molar-refractivity contribution >= 4 is 11.9 Å². The number of halogens is 1. The molecule has 1 unspecified atom stereocenters. The van der Waals surface area contributed by atoms with Crippen molar-refractivity contribution in [3.63, 3.8) is 0 Å². The summed E-state index contributed by atoms with van der Waals surface area (Å²) in [5.74, 6) is -1.61. The molecule has 2 fully saturated rings. The summed E-state index contributed by atoms with van der Waals surface area (Å²) in [5, 5.41) is 8.89. The fourth-order valence-electron chi connectivity index (χ4n) is 2.93. The number of likely N-dealkylation sites (tertiary alicyclic amines) is 1. The highest BCUT2D eigenvalue weighted by Crippen LogP contribution is 2.50. The quantitative estimate of drug-likeness (QED) is 0.915. The molecule has 1 amide bonds. The fraction of sp³-hybridized carbons (Fsp3) is 0.467. The van der Waals surface area contributed by atoms with E-state index in [9.17, 15) is 14.0 Å². The van der Waals surface area contributed by atoms with E-state index in [0.29, 0.717) is 0 Å². The number of nitrogens with zero attached hydrogens (tertiary/aromatic N) is 1. The summed E-state index contributed by atoms with van der Waals surface area (Å²) in [4.78, 5) is 24.9. The van der Waals surface area contributed by atoms with E-state index in [4.69, 9.17) is 5.11 Å². The van der Waals surface area contributed by atoms with E-state index in [1.807, 2.05) is 30.3 Å². The highest BCUT2D eigenvalue weighted by Gasteiger charge is 2.56. The zero-order valence-electron chi connectivity index (χ0n) is 11.0. The van der Waals surface area contributed by atoms with Crippen molar-refractivity contribution < 1.29 is 19.1 Å². The summed E-state index contributed by atoms with van der Waals surface area (Å²) in [6.07, 6.45) is 1.37. The molecular formula is C15H16FNO3. The first-order chi connectivity index (χ1) is 9.48. The van der Waals surface area contributed by atoms with Gasteiger partial charge in [-0.25, -0.2) is 9.18 Å². The molecule has 1 aromatic rings. The Morgan fingerprint density at radius 3 is 2.30 bits per heavy atom. The van der Waals surface area contributed by atoms with Crippen molar-refractivity contribution in [3.05, 3.63) is 35.9 Å². The number of carbonyl (C=O) groups is 2. The highest BCUT2D eigenvalue weighted by atomic mass is 19.1. The monoisotopic (exact) mass is 277 g/mol. The molecular weight excluding hydrogens is 261 g/mol. The Hall–Kier alpha value is -1.91. The van der Waals surface area contributed by atoms with Gasteiger partial charge in [-0.05, 0) is 18.4 Å². The first kappa shape index (κ1) is 13.1. The van der Waals surface area contributed by atoms with E-state index in [1.54, 1.807) is 0 Å².